The van der Waals surface area contributed by atoms with Crippen molar-refractivity contribution in [3.05, 3.63) is 59.7 Å². The first-order chi connectivity index (χ1) is 16.9. The second kappa shape index (κ2) is 14.4. The summed E-state index contributed by atoms with van der Waals surface area (Å²) in [6.07, 6.45) is -0.343. The minimum atomic E-state index is -0.500. The molecule has 1 aliphatic rings. The van der Waals surface area contributed by atoms with Crippen molar-refractivity contribution in [2.75, 3.05) is 57.9 Å². The summed E-state index contributed by atoms with van der Waals surface area (Å²) in [6, 6.07) is 16.4. The van der Waals surface area contributed by atoms with E-state index in [9.17, 15) is 5.11 Å². The van der Waals surface area contributed by atoms with E-state index in [0.717, 1.165) is 29.6 Å². The number of epoxide rings is 1. The first-order valence-corrected chi connectivity index (χ1v) is 14.1. The van der Waals surface area contributed by atoms with Crippen LogP contribution in [0.5, 0.6) is 11.5 Å². The van der Waals surface area contributed by atoms with Gasteiger partial charge in [0.05, 0.1) is 19.3 Å². The monoisotopic (exact) mass is 522 g/mol. The second-order valence-corrected chi connectivity index (χ2v) is 11.3. The molecule has 3 rings (SSSR count). The lowest BCUT2D eigenvalue weighted by atomic mass is 9.78. The van der Waals surface area contributed by atoms with Gasteiger partial charge in [-0.1, -0.05) is 38.1 Å². The molecule has 1 saturated heterocycles. The van der Waals surface area contributed by atoms with Gasteiger partial charge in [0, 0.05) is 36.9 Å². The van der Waals surface area contributed by atoms with E-state index in [1.54, 1.807) is 37.7 Å². The summed E-state index contributed by atoms with van der Waals surface area (Å²) in [5.41, 5.74) is 2.45. The maximum atomic E-state index is 10.1. The van der Waals surface area contributed by atoms with Gasteiger partial charge in [-0.15, -0.1) is 11.8 Å². The third-order valence-electron chi connectivity index (χ3n) is 5.86. The van der Waals surface area contributed by atoms with Crippen LogP contribution in [0.3, 0.4) is 0 Å². The first-order valence-electron chi connectivity index (χ1n) is 11.9. The standard InChI is InChI=1S/C27H38O6S2/c1-27(2,20-5-9-23(10-6-20)31-17-22(28)19-34-15-13-29-3)21-7-11-24(12-8-21)32-18-25-26(33-25)35-16-14-30-4/h5-12,22,25-26,28H,13-19H2,1-4H3. The van der Waals surface area contributed by atoms with Crippen molar-refractivity contribution in [3.8, 4) is 11.5 Å². The van der Waals surface area contributed by atoms with Crippen molar-refractivity contribution in [3.63, 3.8) is 0 Å². The van der Waals surface area contributed by atoms with Gasteiger partial charge in [0.2, 0.25) is 0 Å². The zero-order chi connectivity index (χ0) is 25.1. The highest BCUT2D eigenvalue weighted by molar-refractivity contribution is 8.00. The summed E-state index contributed by atoms with van der Waals surface area (Å²) in [5, 5.41) is 10.1. The largest absolute Gasteiger partial charge is 0.491 e. The fourth-order valence-corrected chi connectivity index (χ4v) is 5.35. The number of hydrogen-bond acceptors (Lipinski definition) is 8. The van der Waals surface area contributed by atoms with Gasteiger partial charge in [-0.3, -0.25) is 0 Å². The molecule has 0 radical (unpaired) electrons. The van der Waals surface area contributed by atoms with E-state index >= 15 is 0 Å². The molecule has 1 fully saturated rings. The van der Waals surface area contributed by atoms with Crippen molar-refractivity contribution < 1.29 is 28.8 Å². The van der Waals surface area contributed by atoms with Crippen molar-refractivity contribution in [1.82, 2.24) is 0 Å². The van der Waals surface area contributed by atoms with Gasteiger partial charge in [-0.25, -0.2) is 0 Å². The normalized spacial score (nSPS) is 18.3. The van der Waals surface area contributed by atoms with Crippen molar-refractivity contribution in [2.45, 2.75) is 36.9 Å². The average molecular weight is 523 g/mol. The maximum Gasteiger partial charge on any atom is 0.133 e. The molecule has 3 unspecified atom stereocenters. The molecule has 35 heavy (non-hydrogen) atoms. The van der Waals surface area contributed by atoms with Crippen LogP contribution in [0.15, 0.2) is 48.5 Å². The number of aliphatic hydroxyl groups excluding tert-OH is 1. The Labute approximate surface area is 218 Å². The lowest BCUT2D eigenvalue weighted by Gasteiger charge is -2.26. The molecule has 1 N–H and O–H groups in total. The summed E-state index contributed by atoms with van der Waals surface area (Å²) in [6.45, 7) is 6.69. The van der Waals surface area contributed by atoms with Crippen molar-refractivity contribution >= 4 is 23.5 Å². The number of methoxy groups -OCH3 is 2. The Bertz CT molecular complexity index is 807. The SMILES string of the molecule is COCCSCC(O)COc1ccc(C(C)(C)c2ccc(OCC3OC3SCCOC)cc2)cc1. The molecule has 0 aromatic heterocycles. The Morgan fingerprint density at radius 1 is 0.886 bits per heavy atom. The molecule has 0 aliphatic carbocycles. The summed E-state index contributed by atoms with van der Waals surface area (Å²) in [4.78, 5) is 0. The Morgan fingerprint density at radius 2 is 1.46 bits per heavy atom. The van der Waals surface area contributed by atoms with Crippen molar-refractivity contribution in [1.29, 1.82) is 0 Å². The Kier molecular flexibility index (Phi) is 11.5. The number of hydrogen-bond donors (Lipinski definition) is 1. The van der Waals surface area contributed by atoms with Crippen LogP contribution >= 0.6 is 23.5 Å². The Balaban J connectivity index is 1.44. The molecule has 0 amide bonds. The highest BCUT2D eigenvalue weighted by Crippen LogP contribution is 2.35. The molecule has 0 bridgehead atoms. The summed E-state index contributed by atoms with van der Waals surface area (Å²) in [7, 11) is 3.39. The average Bonchev–Trinajstić information content (AvgIpc) is 3.63. The third-order valence-corrected chi connectivity index (χ3v) is 8.08. The number of benzene rings is 2. The Morgan fingerprint density at radius 3 is 2.06 bits per heavy atom. The molecule has 1 heterocycles. The molecule has 6 nitrogen and oxygen atoms in total. The lowest BCUT2D eigenvalue weighted by molar-refractivity contribution is 0.126. The first kappa shape index (κ1) is 28.2. The minimum Gasteiger partial charge on any atom is -0.491 e. The molecule has 1 aliphatic heterocycles. The lowest BCUT2D eigenvalue weighted by Crippen LogP contribution is -2.21. The van der Waals surface area contributed by atoms with Crippen molar-refractivity contribution in [2.24, 2.45) is 0 Å². The van der Waals surface area contributed by atoms with Crippen LogP contribution in [0.1, 0.15) is 25.0 Å². The summed E-state index contributed by atoms with van der Waals surface area (Å²) in [5.74, 6) is 4.05. The van der Waals surface area contributed by atoms with Crippen LogP contribution in [0.4, 0.5) is 0 Å². The van der Waals surface area contributed by atoms with Crippen LogP contribution in [-0.2, 0) is 19.6 Å². The second-order valence-electron chi connectivity index (χ2n) is 8.92. The molecular weight excluding hydrogens is 484 g/mol. The highest BCUT2D eigenvalue weighted by atomic mass is 32.2. The van der Waals surface area contributed by atoms with Crippen LogP contribution in [0, 0.1) is 0 Å². The van der Waals surface area contributed by atoms with Crippen LogP contribution < -0.4 is 9.47 Å². The molecule has 3 atom stereocenters. The van der Waals surface area contributed by atoms with Gasteiger partial charge < -0.3 is 28.8 Å². The molecule has 8 heteroatoms. The fraction of sp³-hybridized carbons (Fsp3) is 0.556. The van der Waals surface area contributed by atoms with Gasteiger partial charge in [-0.05, 0) is 35.4 Å². The van der Waals surface area contributed by atoms with Gasteiger partial charge in [0.25, 0.3) is 0 Å². The fourth-order valence-electron chi connectivity index (χ4n) is 3.52. The van der Waals surface area contributed by atoms with E-state index in [2.05, 4.69) is 38.1 Å². The number of rotatable bonds is 17. The molecular formula is C27H38O6S2. The van der Waals surface area contributed by atoms with Gasteiger partial charge >= 0.3 is 0 Å². The number of ether oxygens (including phenoxy) is 5. The van der Waals surface area contributed by atoms with Crippen LogP contribution in [0.25, 0.3) is 0 Å². The smallest absolute Gasteiger partial charge is 0.133 e. The predicted molar refractivity (Wildman–Crippen MR) is 144 cm³/mol. The number of thioether (sulfide) groups is 2. The van der Waals surface area contributed by atoms with Crippen LogP contribution in [0.2, 0.25) is 0 Å². The zero-order valence-corrected chi connectivity index (χ0v) is 22.7. The minimum absolute atomic E-state index is 0.157. The molecule has 0 saturated carbocycles. The van der Waals surface area contributed by atoms with E-state index in [0.29, 0.717) is 19.0 Å². The summed E-state index contributed by atoms with van der Waals surface area (Å²) < 4.78 is 27.4. The molecule has 0 spiro atoms. The zero-order valence-electron chi connectivity index (χ0n) is 21.1. The van der Waals surface area contributed by atoms with E-state index in [1.807, 2.05) is 24.3 Å². The Hall–Kier alpha value is -1.42. The van der Waals surface area contributed by atoms with Gasteiger partial charge in [0.1, 0.15) is 36.3 Å². The van der Waals surface area contributed by atoms with Gasteiger partial charge in [0.15, 0.2) is 0 Å². The van der Waals surface area contributed by atoms with E-state index < -0.39 is 6.10 Å². The third kappa shape index (κ3) is 9.19. The van der Waals surface area contributed by atoms with Gasteiger partial charge in [-0.2, -0.15) is 11.8 Å². The highest BCUT2D eigenvalue weighted by Gasteiger charge is 2.39. The van der Waals surface area contributed by atoms with E-state index in [-0.39, 0.29) is 23.6 Å². The molecule has 194 valence electrons. The van der Waals surface area contributed by atoms with Crippen LogP contribution in [-0.4, -0.2) is 80.7 Å². The number of aliphatic hydroxyl groups is 1. The molecule has 2 aromatic rings. The quantitative estimate of drug-likeness (QED) is 0.239. The summed E-state index contributed by atoms with van der Waals surface area (Å²) >= 11 is 3.43. The van der Waals surface area contributed by atoms with E-state index in [1.165, 1.54) is 11.1 Å². The predicted octanol–water partition coefficient (Wildman–Crippen LogP) is 4.62. The topological polar surface area (TPSA) is 69.7 Å². The van der Waals surface area contributed by atoms with E-state index in [4.69, 9.17) is 23.7 Å². The maximum absolute atomic E-state index is 10.1. The molecule has 2 aromatic carbocycles.